The number of H-pyrrole nitrogens is 1. The Morgan fingerprint density at radius 1 is 0.912 bits per heavy atom. The molecule has 1 aliphatic rings. The summed E-state index contributed by atoms with van der Waals surface area (Å²) in [6.07, 6.45) is 9.56. The molecule has 0 amide bonds. The second-order valence-corrected chi connectivity index (χ2v) is 8.52. The molecule has 0 spiro atoms. The first kappa shape index (κ1) is 20.6. The predicted molar refractivity (Wildman–Crippen MR) is 131 cm³/mol. The fourth-order valence-corrected chi connectivity index (χ4v) is 4.45. The van der Waals surface area contributed by atoms with Crippen LogP contribution >= 0.6 is 0 Å². The van der Waals surface area contributed by atoms with Crippen LogP contribution in [0.3, 0.4) is 0 Å². The summed E-state index contributed by atoms with van der Waals surface area (Å²) in [7, 11) is 0. The van der Waals surface area contributed by atoms with E-state index < -0.39 is 0 Å². The van der Waals surface area contributed by atoms with Crippen LogP contribution in [-0.4, -0.2) is 50.9 Å². The zero-order chi connectivity index (χ0) is 22.9. The second kappa shape index (κ2) is 8.72. The smallest absolute Gasteiger partial charge is 0.137 e. The zero-order valence-electron chi connectivity index (χ0n) is 18.6. The molecule has 2 N–H and O–H groups in total. The number of anilines is 1. The molecule has 0 unspecified atom stereocenters. The Balaban J connectivity index is 1.27. The van der Waals surface area contributed by atoms with E-state index in [-0.39, 0.29) is 5.82 Å². The molecule has 0 saturated carbocycles. The topological polar surface area (TPSA) is 74.7 Å². The Kier molecular flexibility index (Phi) is 5.27. The quantitative estimate of drug-likeness (QED) is 0.419. The molecule has 1 fully saturated rings. The van der Waals surface area contributed by atoms with E-state index in [9.17, 15) is 4.39 Å². The summed E-state index contributed by atoms with van der Waals surface area (Å²) in [6, 6.07) is 12.9. The first-order valence-electron chi connectivity index (χ1n) is 11.4. The lowest BCUT2D eigenvalue weighted by atomic mass is 10.1. The van der Waals surface area contributed by atoms with Crippen molar-refractivity contribution < 1.29 is 4.39 Å². The number of aromatic nitrogens is 5. The molecule has 0 bridgehead atoms. The lowest BCUT2D eigenvalue weighted by Gasteiger charge is -2.28. The number of rotatable bonds is 5. The maximum absolute atomic E-state index is 13.5. The van der Waals surface area contributed by atoms with Crippen LogP contribution in [0.1, 0.15) is 5.56 Å². The Morgan fingerprint density at radius 2 is 1.79 bits per heavy atom. The van der Waals surface area contributed by atoms with E-state index in [0.29, 0.717) is 6.54 Å². The van der Waals surface area contributed by atoms with Crippen molar-refractivity contribution in [1.29, 1.82) is 0 Å². The highest BCUT2D eigenvalue weighted by molar-refractivity contribution is 5.95. The normalized spacial score (nSPS) is 14.1. The van der Waals surface area contributed by atoms with Gasteiger partial charge in [-0.2, -0.15) is 5.10 Å². The summed E-state index contributed by atoms with van der Waals surface area (Å²) in [5.41, 5.74) is 5.74. The second-order valence-electron chi connectivity index (χ2n) is 8.52. The van der Waals surface area contributed by atoms with Crippen LogP contribution in [0.2, 0.25) is 0 Å². The minimum Gasteiger partial charge on any atom is -0.354 e. The minimum absolute atomic E-state index is 0.240. The van der Waals surface area contributed by atoms with E-state index in [2.05, 4.69) is 43.5 Å². The van der Waals surface area contributed by atoms with Crippen molar-refractivity contribution in [2.75, 3.05) is 31.1 Å². The molecule has 170 valence electrons. The Bertz CT molecular complexity index is 1430. The molecule has 1 aliphatic heterocycles. The molecule has 7 nitrogen and oxygen atoms in total. The number of hydrogen-bond acceptors (Lipinski definition) is 5. The van der Waals surface area contributed by atoms with E-state index in [1.165, 1.54) is 12.1 Å². The number of fused-ring (bicyclic) bond motifs is 1. The Labute approximate surface area is 196 Å². The number of hydrogen-bond donors (Lipinski definition) is 2. The van der Waals surface area contributed by atoms with Crippen molar-refractivity contribution in [1.82, 2.24) is 30.0 Å². The van der Waals surface area contributed by atoms with Crippen LogP contribution in [-0.2, 0) is 6.54 Å². The summed E-state index contributed by atoms with van der Waals surface area (Å²) in [5, 5.41) is 8.87. The van der Waals surface area contributed by atoms with Gasteiger partial charge in [0.05, 0.1) is 12.7 Å². The molecular weight excluding hydrogens is 429 g/mol. The molecule has 6 rings (SSSR count). The van der Waals surface area contributed by atoms with E-state index in [1.54, 1.807) is 6.07 Å². The number of pyridine rings is 2. The molecule has 1 aromatic carbocycles. The van der Waals surface area contributed by atoms with Gasteiger partial charge in [-0.1, -0.05) is 12.1 Å². The molecular formula is C26H24FN7. The number of halogens is 1. The molecule has 5 heterocycles. The number of aromatic amines is 1. The molecule has 0 aliphatic carbocycles. The molecule has 5 aromatic rings. The van der Waals surface area contributed by atoms with Gasteiger partial charge in [0.25, 0.3) is 0 Å². The van der Waals surface area contributed by atoms with Gasteiger partial charge in [0, 0.05) is 78.6 Å². The van der Waals surface area contributed by atoms with Crippen molar-refractivity contribution >= 4 is 16.9 Å². The van der Waals surface area contributed by atoms with Crippen molar-refractivity contribution in [3.05, 3.63) is 84.8 Å². The summed E-state index contributed by atoms with van der Waals surface area (Å²) in [4.78, 5) is 14.9. The van der Waals surface area contributed by atoms with Gasteiger partial charge >= 0.3 is 0 Å². The summed E-state index contributed by atoms with van der Waals surface area (Å²) in [6.45, 7) is 4.42. The number of piperazine rings is 1. The highest BCUT2D eigenvalue weighted by atomic mass is 19.1. The highest BCUT2D eigenvalue weighted by Crippen LogP contribution is 2.31. The first-order valence-corrected chi connectivity index (χ1v) is 11.4. The van der Waals surface area contributed by atoms with Crippen molar-refractivity contribution in [2.45, 2.75) is 6.54 Å². The van der Waals surface area contributed by atoms with Crippen LogP contribution in [0.4, 0.5) is 10.2 Å². The van der Waals surface area contributed by atoms with Gasteiger partial charge in [-0.3, -0.25) is 4.68 Å². The molecule has 1 saturated heterocycles. The highest BCUT2D eigenvalue weighted by Gasteiger charge is 2.14. The number of nitrogens with zero attached hydrogens (tertiary/aromatic N) is 5. The molecule has 8 heteroatoms. The Hall–Kier alpha value is -4.04. The van der Waals surface area contributed by atoms with Crippen LogP contribution < -0.4 is 10.2 Å². The fraction of sp³-hybridized carbons (Fsp3) is 0.192. The molecule has 34 heavy (non-hydrogen) atoms. The fourth-order valence-electron chi connectivity index (χ4n) is 4.45. The van der Waals surface area contributed by atoms with Gasteiger partial charge in [0.15, 0.2) is 0 Å². The average molecular weight is 454 g/mol. The van der Waals surface area contributed by atoms with Gasteiger partial charge in [-0.05, 0) is 35.9 Å². The molecule has 4 aromatic heterocycles. The van der Waals surface area contributed by atoms with Crippen molar-refractivity contribution in [3.63, 3.8) is 0 Å². The maximum Gasteiger partial charge on any atom is 0.137 e. The third-order valence-electron chi connectivity index (χ3n) is 6.23. The van der Waals surface area contributed by atoms with Crippen molar-refractivity contribution in [3.8, 4) is 22.3 Å². The predicted octanol–water partition coefficient (Wildman–Crippen LogP) is 4.09. The SMILES string of the molecule is Fc1cccc(Cn2cc(-c3c[nH]c4ncc(-c5ccc(N6CCNCC6)nc5)cc34)cn2)c1. The van der Waals surface area contributed by atoms with Crippen LogP contribution in [0, 0.1) is 5.82 Å². The summed E-state index contributed by atoms with van der Waals surface area (Å²) in [5.74, 6) is 0.767. The van der Waals surface area contributed by atoms with E-state index in [4.69, 9.17) is 4.98 Å². The lowest BCUT2D eigenvalue weighted by Crippen LogP contribution is -2.43. The standard InChI is InChI=1S/C26H24FN7/c27-22-3-1-2-18(10-22)16-34-17-21(14-32-34)24-15-31-26-23(24)11-20(13-30-26)19-4-5-25(29-12-19)33-8-6-28-7-9-33/h1-5,10-15,17,28H,6-9,16H2,(H,30,31). The number of benzene rings is 1. The van der Waals surface area contributed by atoms with Crippen LogP contribution in [0.15, 0.2) is 73.4 Å². The maximum atomic E-state index is 13.5. The lowest BCUT2D eigenvalue weighted by molar-refractivity contribution is 0.585. The van der Waals surface area contributed by atoms with Gasteiger partial charge in [0.2, 0.25) is 0 Å². The molecule has 0 atom stereocenters. The van der Waals surface area contributed by atoms with E-state index >= 15 is 0 Å². The zero-order valence-corrected chi connectivity index (χ0v) is 18.6. The van der Waals surface area contributed by atoms with Crippen molar-refractivity contribution in [2.24, 2.45) is 0 Å². The minimum atomic E-state index is -0.240. The van der Waals surface area contributed by atoms with E-state index in [1.807, 2.05) is 41.7 Å². The monoisotopic (exact) mass is 453 g/mol. The number of nitrogens with one attached hydrogen (secondary N) is 2. The summed E-state index contributed by atoms with van der Waals surface area (Å²) < 4.78 is 15.3. The third kappa shape index (κ3) is 4.04. The van der Waals surface area contributed by atoms with E-state index in [0.717, 1.165) is 70.8 Å². The van der Waals surface area contributed by atoms with Gasteiger partial charge in [-0.15, -0.1) is 0 Å². The van der Waals surface area contributed by atoms with Gasteiger partial charge in [-0.25, -0.2) is 14.4 Å². The Morgan fingerprint density at radius 3 is 2.62 bits per heavy atom. The third-order valence-corrected chi connectivity index (χ3v) is 6.23. The largest absolute Gasteiger partial charge is 0.354 e. The first-order chi connectivity index (χ1) is 16.7. The summed E-state index contributed by atoms with van der Waals surface area (Å²) >= 11 is 0. The van der Waals surface area contributed by atoms with Gasteiger partial charge in [0.1, 0.15) is 17.3 Å². The van der Waals surface area contributed by atoms with Crippen LogP contribution in [0.25, 0.3) is 33.3 Å². The van der Waals surface area contributed by atoms with Crippen LogP contribution in [0.5, 0.6) is 0 Å². The molecule has 0 radical (unpaired) electrons. The average Bonchev–Trinajstić information content (AvgIpc) is 3.51. The van der Waals surface area contributed by atoms with Gasteiger partial charge < -0.3 is 15.2 Å².